The summed E-state index contributed by atoms with van der Waals surface area (Å²) in [6.45, 7) is 0. The third kappa shape index (κ3) is 5.50. The second-order valence-corrected chi connectivity index (χ2v) is 7.38. The fourth-order valence-corrected chi connectivity index (χ4v) is 2.54. The van der Waals surface area contributed by atoms with E-state index in [4.69, 9.17) is 21.4 Å². The Morgan fingerprint density at radius 2 is 1.52 bits per heavy atom. The lowest BCUT2D eigenvalue weighted by Gasteiger charge is -2.10. The Bertz CT molecular complexity index is 1030. The van der Waals surface area contributed by atoms with Gasteiger partial charge in [-0.1, -0.05) is 11.8 Å². The normalized spacial score (nSPS) is 11.6. The molecule has 2 aromatic carbocycles. The summed E-state index contributed by atoms with van der Waals surface area (Å²) in [7, 11) is -3.24. The molecule has 0 aliphatic rings. The first kappa shape index (κ1) is 19.8. The first-order valence-corrected chi connectivity index (χ1v) is 9.39. The van der Waals surface area contributed by atoms with Gasteiger partial charge >= 0.3 is 5.97 Å². The van der Waals surface area contributed by atoms with E-state index in [1.807, 2.05) is 0 Å². The minimum atomic E-state index is -3.24. The number of aliphatic carboxylic acids is 1. The van der Waals surface area contributed by atoms with Crippen LogP contribution in [0.25, 0.3) is 0 Å². The third-order valence-corrected chi connectivity index (χ3v) is 4.44. The van der Waals surface area contributed by atoms with E-state index < -0.39 is 21.5 Å². The van der Waals surface area contributed by atoms with Gasteiger partial charge in [0.25, 0.3) is 0 Å². The lowest BCUT2D eigenvalue weighted by molar-refractivity contribution is -0.132. The highest BCUT2D eigenvalue weighted by atomic mass is 32.2. The Morgan fingerprint density at radius 3 is 1.93 bits per heavy atom. The maximum absolute atomic E-state index is 11.4. The monoisotopic (exact) mass is 387 g/mol. The van der Waals surface area contributed by atoms with Gasteiger partial charge in [-0.15, -0.1) is 0 Å². The molecule has 0 aliphatic heterocycles. The average molecular weight is 387 g/mol. The SMILES string of the molecule is CS(=O)(=O)c1ccc(C#Cc2ccc(O/C(NN)=C(/N)C(=O)O)cc2)cc1. The van der Waals surface area contributed by atoms with Crippen molar-refractivity contribution in [2.75, 3.05) is 6.26 Å². The highest BCUT2D eigenvalue weighted by molar-refractivity contribution is 7.90. The van der Waals surface area contributed by atoms with E-state index >= 15 is 0 Å². The fourth-order valence-electron chi connectivity index (χ4n) is 1.91. The van der Waals surface area contributed by atoms with E-state index in [9.17, 15) is 13.2 Å². The van der Waals surface area contributed by atoms with E-state index in [1.165, 1.54) is 12.1 Å². The number of nitrogens with two attached hydrogens (primary N) is 2. The Balaban J connectivity index is 2.14. The highest BCUT2D eigenvalue weighted by Crippen LogP contribution is 2.15. The van der Waals surface area contributed by atoms with Gasteiger partial charge in [-0.2, -0.15) is 0 Å². The molecule has 0 fully saturated rings. The molecule has 0 aromatic heterocycles. The molecular weight excluding hydrogens is 370 g/mol. The van der Waals surface area contributed by atoms with Gasteiger partial charge in [0.1, 0.15) is 5.75 Å². The molecule has 140 valence electrons. The Hall–Kier alpha value is -3.48. The van der Waals surface area contributed by atoms with Gasteiger partial charge < -0.3 is 15.6 Å². The maximum Gasteiger partial charge on any atom is 0.357 e. The second kappa shape index (κ2) is 8.27. The van der Waals surface area contributed by atoms with Crippen LogP contribution in [0.5, 0.6) is 5.75 Å². The van der Waals surface area contributed by atoms with Crippen molar-refractivity contribution in [3.63, 3.8) is 0 Å². The Labute approximate surface area is 156 Å². The van der Waals surface area contributed by atoms with Gasteiger partial charge in [0, 0.05) is 17.4 Å². The van der Waals surface area contributed by atoms with Gasteiger partial charge in [-0.3, -0.25) is 5.43 Å². The van der Waals surface area contributed by atoms with Gasteiger partial charge in [0.05, 0.1) is 4.90 Å². The number of carboxylic acids is 1. The minimum absolute atomic E-state index is 0.229. The molecular formula is C18H17N3O5S. The molecule has 0 saturated heterocycles. The summed E-state index contributed by atoms with van der Waals surface area (Å²) in [5, 5.41) is 8.84. The summed E-state index contributed by atoms with van der Waals surface area (Å²) in [4.78, 5) is 11.1. The second-order valence-electron chi connectivity index (χ2n) is 5.37. The van der Waals surface area contributed by atoms with Gasteiger partial charge in [-0.25, -0.2) is 19.1 Å². The molecule has 0 spiro atoms. The molecule has 0 amide bonds. The summed E-state index contributed by atoms with van der Waals surface area (Å²) in [5.41, 5.74) is 8.22. The molecule has 0 aliphatic carbocycles. The molecule has 0 unspecified atom stereocenters. The van der Waals surface area contributed by atoms with Crippen molar-refractivity contribution in [1.82, 2.24) is 5.43 Å². The zero-order valence-corrected chi connectivity index (χ0v) is 15.1. The number of hydrogen-bond acceptors (Lipinski definition) is 7. The summed E-state index contributed by atoms with van der Waals surface area (Å²) in [6, 6.07) is 12.7. The molecule has 6 N–H and O–H groups in total. The molecule has 0 heterocycles. The van der Waals surface area contributed by atoms with Crippen LogP contribution in [0.2, 0.25) is 0 Å². The molecule has 8 nitrogen and oxygen atoms in total. The van der Waals surface area contributed by atoms with Crippen LogP contribution in [0.15, 0.2) is 65.0 Å². The fraction of sp³-hybridized carbons (Fsp3) is 0.0556. The zero-order chi connectivity index (χ0) is 20.0. The number of hydrazine groups is 1. The minimum Gasteiger partial charge on any atom is -0.476 e. The number of ether oxygens (including phenoxy) is 1. The number of nitrogens with one attached hydrogen (secondary N) is 1. The quantitative estimate of drug-likeness (QED) is 0.191. The molecule has 9 heteroatoms. The predicted octanol–water partition coefficient (Wildman–Crippen LogP) is 0.544. The zero-order valence-electron chi connectivity index (χ0n) is 14.3. The van der Waals surface area contributed by atoms with Crippen molar-refractivity contribution in [3.8, 4) is 17.6 Å². The van der Waals surface area contributed by atoms with Gasteiger partial charge in [0.15, 0.2) is 15.5 Å². The van der Waals surface area contributed by atoms with Gasteiger partial charge in [-0.05, 0) is 48.5 Å². The molecule has 0 atom stereocenters. The Kier molecular flexibility index (Phi) is 6.07. The average Bonchev–Trinajstić information content (AvgIpc) is 2.64. The summed E-state index contributed by atoms with van der Waals surface area (Å²) >= 11 is 0. The van der Waals surface area contributed by atoms with Crippen molar-refractivity contribution < 1.29 is 23.1 Å². The van der Waals surface area contributed by atoms with E-state index in [0.29, 0.717) is 16.9 Å². The molecule has 0 bridgehead atoms. The number of rotatable bonds is 5. The van der Waals surface area contributed by atoms with E-state index in [1.54, 1.807) is 36.4 Å². The van der Waals surface area contributed by atoms with E-state index in [-0.39, 0.29) is 10.8 Å². The van der Waals surface area contributed by atoms with Crippen LogP contribution < -0.4 is 21.7 Å². The Morgan fingerprint density at radius 1 is 1.04 bits per heavy atom. The molecule has 0 radical (unpaired) electrons. The number of carbonyl (C=O) groups is 1. The number of sulfone groups is 1. The first-order valence-electron chi connectivity index (χ1n) is 7.50. The van der Waals surface area contributed by atoms with Crippen LogP contribution in [-0.4, -0.2) is 25.7 Å². The lowest BCUT2D eigenvalue weighted by atomic mass is 10.2. The van der Waals surface area contributed by atoms with Crippen molar-refractivity contribution in [2.45, 2.75) is 4.90 Å². The molecule has 2 aromatic rings. The number of benzene rings is 2. The summed E-state index contributed by atoms with van der Waals surface area (Å²) in [6.07, 6.45) is 1.14. The predicted molar refractivity (Wildman–Crippen MR) is 98.8 cm³/mol. The lowest BCUT2D eigenvalue weighted by Crippen LogP contribution is -2.31. The first-order chi connectivity index (χ1) is 12.7. The van der Waals surface area contributed by atoms with Crippen LogP contribution in [-0.2, 0) is 14.6 Å². The van der Waals surface area contributed by atoms with Crippen molar-refractivity contribution >= 4 is 15.8 Å². The number of hydrogen-bond donors (Lipinski definition) is 4. The van der Waals surface area contributed by atoms with Crippen molar-refractivity contribution in [3.05, 3.63) is 71.2 Å². The van der Waals surface area contributed by atoms with Crippen LogP contribution in [0, 0.1) is 11.8 Å². The smallest absolute Gasteiger partial charge is 0.357 e. The highest BCUT2D eigenvalue weighted by Gasteiger charge is 2.12. The van der Waals surface area contributed by atoms with Crippen LogP contribution >= 0.6 is 0 Å². The van der Waals surface area contributed by atoms with Crippen molar-refractivity contribution in [2.24, 2.45) is 11.6 Å². The van der Waals surface area contributed by atoms with E-state index in [0.717, 1.165) is 6.26 Å². The van der Waals surface area contributed by atoms with Gasteiger partial charge in [0.2, 0.25) is 5.88 Å². The third-order valence-electron chi connectivity index (χ3n) is 3.31. The van der Waals surface area contributed by atoms with Crippen LogP contribution in [0.1, 0.15) is 11.1 Å². The maximum atomic E-state index is 11.4. The molecule has 2 rings (SSSR count). The summed E-state index contributed by atoms with van der Waals surface area (Å²) < 4.78 is 28.1. The van der Waals surface area contributed by atoms with E-state index in [2.05, 4.69) is 17.3 Å². The van der Waals surface area contributed by atoms with Crippen LogP contribution in [0.3, 0.4) is 0 Å². The summed E-state index contributed by atoms with van der Waals surface area (Å²) in [5.74, 6) is 9.71. The topological polar surface area (TPSA) is 145 Å². The van der Waals surface area contributed by atoms with Crippen molar-refractivity contribution in [1.29, 1.82) is 0 Å². The molecule has 0 saturated carbocycles. The number of carboxylic acid groups (broad SMARTS) is 1. The van der Waals surface area contributed by atoms with Crippen LogP contribution in [0.4, 0.5) is 0 Å². The standard InChI is InChI=1S/C18H17N3O5S/c1-27(24,25)15-10-6-13(7-11-15)3-2-12-4-8-14(9-5-12)26-17(21-20)16(19)18(22)23/h4-11,21H,19-20H2,1H3,(H,22,23)/b17-16+. The molecule has 27 heavy (non-hydrogen) atoms. The largest absolute Gasteiger partial charge is 0.476 e.